The summed E-state index contributed by atoms with van der Waals surface area (Å²) in [6, 6.07) is 10.8. The topological polar surface area (TPSA) is 38.3 Å². The number of esters is 1. The van der Waals surface area contributed by atoms with Crippen molar-refractivity contribution < 1.29 is 9.53 Å². The zero-order valence-electron chi connectivity index (χ0n) is 11.3. The first-order valence-corrected chi connectivity index (χ1v) is 6.63. The van der Waals surface area contributed by atoms with Gasteiger partial charge in [-0.05, 0) is 24.9 Å². The van der Waals surface area contributed by atoms with Gasteiger partial charge in [0.15, 0.2) is 0 Å². The first-order valence-electron chi connectivity index (χ1n) is 6.63. The molecule has 3 heteroatoms. The van der Waals surface area contributed by atoms with Crippen LogP contribution in [0, 0.1) is 0 Å². The zero-order chi connectivity index (χ0) is 13.2. The number of nitrogens with one attached hydrogen (secondary N) is 1. The van der Waals surface area contributed by atoms with E-state index in [1.54, 1.807) is 0 Å². The third-order valence-corrected chi connectivity index (χ3v) is 2.96. The Hall–Kier alpha value is -1.35. The van der Waals surface area contributed by atoms with Crippen molar-refractivity contribution in [2.24, 2.45) is 0 Å². The summed E-state index contributed by atoms with van der Waals surface area (Å²) in [6.07, 6.45) is 3.56. The van der Waals surface area contributed by atoms with E-state index >= 15 is 0 Å². The minimum Gasteiger partial charge on any atom is -0.469 e. The van der Waals surface area contributed by atoms with Crippen molar-refractivity contribution in [1.82, 2.24) is 5.32 Å². The Labute approximate surface area is 110 Å². The molecule has 1 N–H and O–H groups in total. The number of carbonyl (C=O) groups is 1. The fraction of sp³-hybridized carbons (Fsp3) is 0.533. The average molecular weight is 249 g/mol. The summed E-state index contributed by atoms with van der Waals surface area (Å²) >= 11 is 0. The van der Waals surface area contributed by atoms with Crippen LogP contribution in [-0.2, 0) is 9.53 Å². The second-order valence-electron chi connectivity index (χ2n) is 4.39. The minimum atomic E-state index is -0.136. The predicted octanol–water partition coefficient (Wildman–Crippen LogP) is 3.07. The molecule has 1 aromatic rings. The lowest BCUT2D eigenvalue weighted by atomic mass is 10.0. The van der Waals surface area contributed by atoms with E-state index < -0.39 is 0 Å². The van der Waals surface area contributed by atoms with Gasteiger partial charge in [-0.25, -0.2) is 0 Å². The maximum atomic E-state index is 11.0. The van der Waals surface area contributed by atoms with Crippen molar-refractivity contribution in [2.75, 3.05) is 13.7 Å². The molecule has 0 amide bonds. The molecule has 0 saturated heterocycles. The first kappa shape index (κ1) is 14.7. The van der Waals surface area contributed by atoms with Crippen LogP contribution < -0.4 is 5.32 Å². The molecule has 0 radical (unpaired) electrons. The molecule has 100 valence electrons. The number of hydrogen-bond donors (Lipinski definition) is 1. The van der Waals surface area contributed by atoms with Crippen molar-refractivity contribution in [1.29, 1.82) is 0 Å². The molecule has 3 nitrogen and oxygen atoms in total. The van der Waals surface area contributed by atoms with Crippen LogP contribution in [0.2, 0.25) is 0 Å². The molecule has 1 atom stereocenters. The van der Waals surface area contributed by atoms with Gasteiger partial charge in [-0.15, -0.1) is 0 Å². The Balaban J connectivity index is 2.37. The normalized spacial score (nSPS) is 12.1. The highest BCUT2D eigenvalue weighted by atomic mass is 16.5. The molecule has 0 fully saturated rings. The monoisotopic (exact) mass is 249 g/mol. The van der Waals surface area contributed by atoms with E-state index in [1.807, 2.05) is 6.07 Å². The molecule has 18 heavy (non-hydrogen) atoms. The minimum absolute atomic E-state index is 0.136. The van der Waals surface area contributed by atoms with Gasteiger partial charge in [0.05, 0.1) is 7.11 Å². The number of rotatable bonds is 8. The van der Waals surface area contributed by atoms with Crippen LogP contribution in [0.5, 0.6) is 0 Å². The van der Waals surface area contributed by atoms with Gasteiger partial charge < -0.3 is 10.1 Å². The van der Waals surface area contributed by atoms with Crippen molar-refractivity contribution in [2.45, 2.75) is 38.6 Å². The van der Waals surface area contributed by atoms with Crippen molar-refractivity contribution >= 4 is 5.97 Å². The van der Waals surface area contributed by atoms with E-state index in [-0.39, 0.29) is 5.97 Å². The Morgan fingerprint density at radius 2 is 2.06 bits per heavy atom. The Bertz CT molecular complexity index is 338. The second kappa shape index (κ2) is 8.70. The average Bonchev–Trinajstić information content (AvgIpc) is 2.43. The lowest BCUT2D eigenvalue weighted by Crippen LogP contribution is -2.23. The molecule has 1 aromatic carbocycles. The first-order chi connectivity index (χ1) is 8.77. The highest BCUT2D eigenvalue weighted by molar-refractivity contribution is 5.69. The van der Waals surface area contributed by atoms with Gasteiger partial charge in [-0.2, -0.15) is 0 Å². The number of carbonyl (C=O) groups excluding carboxylic acids is 1. The quantitative estimate of drug-likeness (QED) is 0.568. The van der Waals surface area contributed by atoms with Crippen LogP contribution in [0.1, 0.15) is 44.2 Å². The van der Waals surface area contributed by atoms with Gasteiger partial charge in [0.25, 0.3) is 0 Å². The molecular formula is C15H23NO2. The Morgan fingerprint density at radius 3 is 2.67 bits per heavy atom. The van der Waals surface area contributed by atoms with Crippen LogP contribution in [0.4, 0.5) is 0 Å². The van der Waals surface area contributed by atoms with Crippen LogP contribution in [0.15, 0.2) is 30.3 Å². The van der Waals surface area contributed by atoms with E-state index in [4.69, 9.17) is 0 Å². The van der Waals surface area contributed by atoms with Gasteiger partial charge in [0.1, 0.15) is 0 Å². The largest absolute Gasteiger partial charge is 0.469 e. The molecule has 0 bridgehead atoms. The van der Waals surface area contributed by atoms with Crippen molar-refractivity contribution in [3.63, 3.8) is 0 Å². The van der Waals surface area contributed by atoms with Gasteiger partial charge in [0, 0.05) is 12.5 Å². The number of methoxy groups -OCH3 is 1. The summed E-state index contributed by atoms with van der Waals surface area (Å²) in [4.78, 5) is 11.0. The molecule has 0 aliphatic heterocycles. The van der Waals surface area contributed by atoms with Crippen LogP contribution >= 0.6 is 0 Å². The fourth-order valence-electron chi connectivity index (χ4n) is 1.97. The Kier molecular flexibility index (Phi) is 7.11. The molecule has 0 spiro atoms. The Morgan fingerprint density at radius 1 is 1.33 bits per heavy atom. The number of ether oxygens (including phenoxy) is 1. The summed E-state index contributed by atoms with van der Waals surface area (Å²) in [5.41, 5.74) is 1.32. The van der Waals surface area contributed by atoms with Crippen molar-refractivity contribution in [3.05, 3.63) is 35.9 Å². The van der Waals surface area contributed by atoms with E-state index in [9.17, 15) is 4.79 Å². The summed E-state index contributed by atoms with van der Waals surface area (Å²) in [6.45, 7) is 3.03. The van der Waals surface area contributed by atoms with Crippen LogP contribution in [-0.4, -0.2) is 19.6 Å². The molecule has 1 rings (SSSR count). The molecule has 0 saturated carbocycles. The van der Waals surface area contributed by atoms with Gasteiger partial charge in [0.2, 0.25) is 0 Å². The summed E-state index contributed by atoms with van der Waals surface area (Å²) in [7, 11) is 1.43. The second-order valence-corrected chi connectivity index (χ2v) is 4.39. The number of hydrogen-bond acceptors (Lipinski definition) is 3. The predicted molar refractivity (Wildman–Crippen MR) is 73.3 cm³/mol. The SMILES string of the molecule is CCCC(NCCCC(=O)OC)c1ccccc1. The maximum absolute atomic E-state index is 11.0. The maximum Gasteiger partial charge on any atom is 0.305 e. The van der Waals surface area contributed by atoms with Gasteiger partial charge in [-0.3, -0.25) is 4.79 Å². The van der Waals surface area contributed by atoms with E-state index in [1.165, 1.54) is 12.7 Å². The molecule has 1 unspecified atom stereocenters. The summed E-state index contributed by atoms with van der Waals surface area (Å²) in [5, 5.41) is 3.51. The van der Waals surface area contributed by atoms with Gasteiger partial charge >= 0.3 is 5.97 Å². The van der Waals surface area contributed by atoms with E-state index in [0.29, 0.717) is 12.5 Å². The lowest BCUT2D eigenvalue weighted by Gasteiger charge is -2.18. The van der Waals surface area contributed by atoms with Crippen LogP contribution in [0.25, 0.3) is 0 Å². The lowest BCUT2D eigenvalue weighted by molar-refractivity contribution is -0.140. The molecule has 0 aliphatic carbocycles. The van der Waals surface area contributed by atoms with Crippen molar-refractivity contribution in [3.8, 4) is 0 Å². The van der Waals surface area contributed by atoms with E-state index in [0.717, 1.165) is 25.8 Å². The number of benzene rings is 1. The highest BCUT2D eigenvalue weighted by Crippen LogP contribution is 2.17. The molecule has 0 heterocycles. The standard InChI is InChI=1S/C15H23NO2/c1-3-8-14(13-9-5-4-6-10-13)16-12-7-11-15(17)18-2/h4-6,9-10,14,16H,3,7-8,11-12H2,1-2H3. The molecule has 0 aliphatic rings. The van der Waals surface area contributed by atoms with Gasteiger partial charge in [-0.1, -0.05) is 43.7 Å². The highest BCUT2D eigenvalue weighted by Gasteiger charge is 2.09. The third-order valence-electron chi connectivity index (χ3n) is 2.96. The molecule has 0 aromatic heterocycles. The van der Waals surface area contributed by atoms with Crippen LogP contribution in [0.3, 0.4) is 0 Å². The zero-order valence-corrected chi connectivity index (χ0v) is 11.3. The third kappa shape index (κ3) is 5.32. The summed E-state index contributed by atoms with van der Waals surface area (Å²) in [5.74, 6) is -0.136. The fourth-order valence-corrected chi connectivity index (χ4v) is 1.97. The molecular weight excluding hydrogens is 226 g/mol. The smallest absolute Gasteiger partial charge is 0.305 e. The van der Waals surface area contributed by atoms with E-state index in [2.05, 4.69) is 41.2 Å². The summed E-state index contributed by atoms with van der Waals surface area (Å²) < 4.78 is 4.62.